The molecule has 0 bridgehead atoms. The van der Waals surface area contributed by atoms with E-state index in [0.717, 1.165) is 29.8 Å². The van der Waals surface area contributed by atoms with Gasteiger partial charge in [-0.25, -0.2) is 0 Å². The van der Waals surface area contributed by atoms with Crippen LogP contribution in [0.15, 0.2) is 12.3 Å². The summed E-state index contributed by atoms with van der Waals surface area (Å²) < 4.78 is 5.18. The highest BCUT2D eigenvalue weighted by molar-refractivity contribution is 5.39. The first-order valence-corrected chi connectivity index (χ1v) is 5.27. The van der Waals surface area contributed by atoms with Crippen LogP contribution in [0.25, 0.3) is 0 Å². The fourth-order valence-electron chi connectivity index (χ4n) is 1.22. The van der Waals surface area contributed by atoms with Crippen LogP contribution < -0.4 is 4.74 Å². The molecule has 0 N–H and O–H groups in total. The van der Waals surface area contributed by atoms with Gasteiger partial charge in [-0.1, -0.05) is 25.2 Å². The lowest BCUT2D eigenvalue weighted by Crippen LogP contribution is -1.91. The van der Waals surface area contributed by atoms with E-state index in [-0.39, 0.29) is 0 Å². The fourth-order valence-corrected chi connectivity index (χ4v) is 1.22. The minimum absolute atomic E-state index is 0.803. The van der Waals surface area contributed by atoms with Gasteiger partial charge in [-0.05, 0) is 19.4 Å². The maximum absolute atomic E-state index is 5.18. The van der Waals surface area contributed by atoms with E-state index in [9.17, 15) is 0 Å². The molecule has 15 heavy (non-hydrogen) atoms. The minimum Gasteiger partial charge on any atom is -0.495 e. The SMILES string of the molecule is CCCCC#Cc1cnc(C)c(OC)c1. The number of hydrogen-bond donors (Lipinski definition) is 0. The molecule has 2 nitrogen and oxygen atoms in total. The topological polar surface area (TPSA) is 22.1 Å². The van der Waals surface area contributed by atoms with Crippen LogP contribution in [0.1, 0.15) is 37.4 Å². The molecule has 0 aromatic carbocycles. The molecule has 0 aliphatic heterocycles. The number of rotatable bonds is 3. The Morgan fingerprint density at radius 2 is 2.27 bits per heavy atom. The van der Waals surface area contributed by atoms with Gasteiger partial charge in [-0.2, -0.15) is 0 Å². The van der Waals surface area contributed by atoms with Gasteiger partial charge in [0, 0.05) is 18.2 Å². The van der Waals surface area contributed by atoms with Crippen LogP contribution >= 0.6 is 0 Å². The van der Waals surface area contributed by atoms with Crippen molar-refractivity contribution in [2.45, 2.75) is 33.1 Å². The highest BCUT2D eigenvalue weighted by Gasteiger charge is 1.98. The van der Waals surface area contributed by atoms with Crippen molar-refractivity contribution in [2.24, 2.45) is 0 Å². The molecule has 80 valence electrons. The second-order valence-corrected chi connectivity index (χ2v) is 3.42. The zero-order chi connectivity index (χ0) is 11.1. The Bertz CT molecular complexity index is 374. The quantitative estimate of drug-likeness (QED) is 0.556. The average Bonchev–Trinajstić information content (AvgIpc) is 2.26. The Balaban J connectivity index is 2.72. The third-order valence-corrected chi connectivity index (χ3v) is 2.15. The van der Waals surface area contributed by atoms with Crippen molar-refractivity contribution in [3.05, 3.63) is 23.5 Å². The second-order valence-electron chi connectivity index (χ2n) is 3.42. The zero-order valence-corrected chi connectivity index (χ0v) is 9.63. The molecule has 0 aliphatic rings. The van der Waals surface area contributed by atoms with Gasteiger partial charge in [-0.3, -0.25) is 4.98 Å². The normalized spacial score (nSPS) is 9.27. The largest absolute Gasteiger partial charge is 0.495 e. The van der Waals surface area contributed by atoms with Gasteiger partial charge >= 0.3 is 0 Å². The third-order valence-electron chi connectivity index (χ3n) is 2.15. The lowest BCUT2D eigenvalue weighted by molar-refractivity contribution is 0.409. The van der Waals surface area contributed by atoms with Crippen LogP contribution in [-0.4, -0.2) is 12.1 Å². The van der Waals surface area contributed by atoms with Crippen LogP contribution in [0.5, 0.6) is 5.75 Å². The van der Waals surface area contributed by atoms with Gasteiger partial charge in [0.05, 0.1) is 12.8 Å². The number of methoxy groups -OCH3 is 1. The Labute approximate surface area is 91.7 Å². The van der Waals surface area contributed by atoms with Gasteiger partial charge in [0.1, 0.15) is 5.75 Å². The first-order chi connectivity index (χ1) is 7.27. The number of pyridine rings is 1. The van der Waals surface area contributed by atoms with E-state index in [1.54, 1.807) is 13.3 Å². The van der Waals surface area contributed by atoms with Crippen LogP contribution in [-0.2, 0) is 0 Å². The van der Waals surface area contributed by atoms with E-state index in [0.29, 0.717) is 0 Å². The van der Waals surface area contributed by atoms with Crippen molar-refractivity contribution >= 4 is 0 Å². The van der Waals surface area contributed by atoms with E-state index in [4.69, 9.17) is 4.74 Å². The predicted molar refractivity (Wildman–Crippen MR) is 61.9 cm³/mol. The van der Waals surface area contributed by atoms with Gasteiger partial charge in [-0.15, -0.1) is 0 Å². The van der Waals surface area contributed by atoms with Gasteiger partial charge in [0.25, 0.3) is 0 Å². The molecule has 0 atom stereocenters. The maximum Gasteiger partial charge on any atom is 0.141 e. The minimum atomic E-state index is 0.803. The number of aromatic nitrogens is 1. The summed E-state index contributed by atoms with van der Waals surface area (Å²) in [6, 6.07) is 1.93. The molecular weight excluding hydrogens is 186 g/mol. The summed E-state index contributed by atoms with van der Waals surface area (Å²) in [6.07, 6.45) is 5.08. The number of unbranched alkanes of at least 4 members (excludes halogenated alkanes) is 2. The lowest BCUT2D eigenvalue weighted by atomic mass is 10.2. The van der Waals surface area contributed by atoms with E-state index in [1.807, 2.05) is 13.0 Å². The number of hydrogen-bond acceptors (Lipinski definition) is 2. The fraction of sp³-hybridized carbons (Fsp3) is 0.462. The molecule has 0 amide bonds. The summed E-state index contributed by atoms with van der Waals surface area (Å²) in [5, 5.41) is 0. The maximum atomic E-state index is 5.18. The van der Waals surface area contributed by atoms with Crippen molar-refractivity contribution in [3.63, 3.8) is 0 Å². The number of aryl methyl sites for hydroxylation is 1. The van der Waals surface area contributed by atoms with Crippen molar-refractivity contribution in [3.8, 4) is 17.6 Å². The standard InChI is InChI=1S/C13H17NO/c1-4-5-6-7-8-12-9-13(15-3)11(2)14-10-12/h9-10H,4-6H2,1-3H3. The molecule has 1 rings (SSSR count). The Kier molecular flexibility index (Phi) is 4.70. The first-order valence-electron chi connectivity index (χ1n) is 5.27. The molecule has 2 heteroatoms. The third kappa shape index (κ3) is 3.63. The van der Waals surface area contributed by atoms with Crippen LogP contribution in [0.4, 0.5) is 0 Å². The monoisotopic (exact) mass is 203 g/mol. The molecule has 0 fully saturated rings. The van der Waals surface area contributed by atoms with E-state index < -0.39 is 0 Å². The molecule has 0 radical (unpaired) electrons. The van der Waals surface area contributed by atoms with Gasteiger partial charge in [0.15, 0.2) is 0 Å². The summed E-state index contributed by atoms with van der Waals surface area (Å²) >= 11 is 0. The Morgan fingerprint density at radius 3 is 2.93 bits per heavy atom. The van der Waals surface area contributed by atoms with E-state index in [2.05, 4.69) is 23.7 Å². The summed E-state index contributed by atoms with van der Waals surface area (Å²) in [4.78, 5) is 4.22. The molecule has 1 heterocycles. The number of nitrogens with zero attached hydrogens (tertiary/aromatic N) is 1. The molecule has 0 saturated carbocycles. The van der Waals surface area contributed by atoms with Gasteiger partial charge < -0.3 is 4.74 Å². The molecular formula is C13H17NO. The van der Waals surface area contributed by atoms with Crippen LogP contribution in [0, 0.1) is 18.8 Å². The van der Waals surface area contributed by atoms with Crippen molar-refractivity contribution in [1.29, 1.82) is 0 Å². The molecule has 0 unspecified atom stereocenters. The second kappa shape index (κ2) is 6.08. The molecule has 1 aromatic heterocycles. The first kappa shape index (κ1) is 11.6. The van der Waals surface area contributed by atoms with E-state index in [1.165, 1.54) is 6.42 Å². The molecule has 1 aromatic rings. The van der Waals surface area contributed by atoms with Crippen LogP contribution in [0.2, 0.25) is 0 Å². The predicted octanol–water partition coefficient (Wildman–Crippen LogP) is 2.94. The summed E-state index contributed by atoms with van der Waals surface area (Å²) in [5.74, 6) is 7.02. The highest BCUT2D eigenvalue weighted by Crippen LogP contribution is 2.15. The Morgan fingerprint density at radius 1 is 1.47 bits per heavy atom. The molecule has 0 spiro atoms. The van der Waals surface area contributed by atoms with Crippen molar-refractivity contribution in [2.75, 3.05) is 7.11 Å². The number of ether oxygens (including phenoxy) is 1. The van der Waals surface area contributed by atoms with Crippen molar-refractivity contribution in [1.82, 2.24) is 4.98 Å². The van der Waals surface area contributed by atoms with E-state index >= 15 is 0 Å². The highest BCUT2D eigenvalue weighted by atomic mass is 16.5. The molecule has 0 saturated heterocycles. The summed E-state index contributed by atoms with van der Waals surface area (Å²) in [6.45, 7) is 4.09. The van der Waals surface area contributed by atoms with Gasteiger partial charge in [0.2, 0.25) is 0 Å². The smallest absolute Gasteiger partial charge is 0.141 e. The Hall–Kier alpha value is -1.49. The van der Waals surface area contributed by atoms with Crippen LogP contribution in [0.3, 0.4) is 0 Å². The van der Waals surface area contributed by atoms with Crippen molar-refractivity contribution < 1.29 is 4.74 Å². The average molecular weight is 203 g/mol. The lowest BCUT2D eigenvalue weighted by Gasteiger charge is -2.02. The molecule has 0 aliphatic carbocycles. The summed E-state index contributed by atoms with van der Waals surface area (Å²) in [5.41, 5.74) is 1.82. The zero-order valence-electron chi connectivity index (χ0n) is 9.63. The summed E-state index contributed by atoms with van der Waals surface area (Å²) in [7, 11) is 1.65.